The van der Waals surface area contributed by atoms with Gasteiger partial charge in [0, 0.05) is 42.6 Å². The summed E-state index contributed by atoms with van der Waals surface area (Å²) < 4.78 is 3.85. The number of nitro benzene ring substituents is 1. The molecular formula is C21H20N3O4+. The van der Waals surface area contributed by atoms with Crippen LogP contribution in [0.1, 0.15) is 34.1 Å². The number of hydrogen-bond acceptors (Lipinski definition) is 4. The number of pyridine rings is 1. The Labute approximate surface area is 161 Å². The highest BCUT2D eigenvalue weighted by atomic mass is 16.6. The molecule has 3 aromatic rings. The molecule has 0 bridgehead atoms. The van der Waals surface area contributed by atoms with Gasteiger partial charge in [-0.05, 0) is 36.2 Å². The smallest absolute Gasteiger partial charge is 0.269 e. The summed E-state index contributed by atoms with van der Waals surface area (Å²) in [5.74, 6) is -0.459. The summed E-state index contributed by atoms with van der Waals surface area (Å²) in [5.41, 5.74) is 2.36. The third-order valence-electron chi connectivity index (χ3n) is 5.25. The highest BCUT2D eigenvalue weighted by Gasteiger charge is 2.33. The molecule has 0 aliphatic carbocycles. The summed E-state index contributed by atoms with van der Waals surface area (Å²) in [4.78, 5) is 23.0. The van der Waals surface area contributed by atoms with Gasteiger partial charge < -0.3 is 9.67 Å². The molecular weight excluding hydrogens is 358 g/mol. The first kappa shape index (κ1) is 18.1. The normalized spacial score (nSPS) is 17.2. The number of ketones is 1. The molecule has 0 saturated heterocycles. The van der Waals surface area contributed by atoms with Gasteiger partial charge in [-0.2, -0.15) is 0 Å². The monoisotopic (exact) mass is 378 g/mol. The molecule has 28 heavy (non-hydrogen) atoms. The lowest BCUT2D eigenvalue weighted by molar-refractivity contribution is -0.688. The maximum absolute atomic E-state index is 12.6. The van der Waals surface area contributed by atoms with Crippen LogP contribution in [0, 0.1) is 16.0 Å². The minimum absolute atomic E-state index is 0.0219. The number of hydrogen-bond donors (Lipinski definition) is 1. The van der Waals surface area contributed by atoms with Crippen LogP contribution in [0.4, 0.5) is 5.69 Å². The van der Waals surface area contributed by atoms with E-state index in [1.165, 1.54) is 12.1 Å². The van der Waals surface area contributed by atoms with Crippen LogP contribution in [0.5, 0.6) is 0 Å². The van der Waals surface area contributed by atoms with Gasteiger partial charge in [-0.3, -0.25) is 14.9 Å². The molecule has 0 spiro atoms. The van der Waals surface area contributed by atoms with E-state index >= 15 is 0 Å². The van der Waals surface area contributed by atoms with Crippen molar-refractivity contribution in [3.63, 3.8) is 0 Å². The number of aryl methyl sites for hydroxylation is 1. The average molecular weight is 378 g/mol. The third-order valence-corrected chi connectivity index (χ3v) is 5.25. The Hall–Kier alpha value is -3.32. The molecule has 7 nitrogen and oxygen atoms in total. The van der Waals surface area contributed by atoms with Crippen LogP contribution in [-0.2, 0) is 13.1 Å². The van der Waals surface area contributed by atoms with E-state index in [-0.39, 0.29) is 11.5 Å². The van der Waals surface area contributed by atoms with Gasteiger partial charge in [0.1, 0.15) is 0 Å². The van der Waals surface area contributed by atoms with Crippen molar-refractivity contribution in [3.05, 3.63) is 94.1 Å². The van der Waals surface area contributed by atoms with Crippen LogP contribution in [0.25, 0.3) is 0 Å². The van der Waals surface area contributed by atoms with Gasteiger partial charge in [-0.15, -0.1) is 0 Å². The highest BCUT2D eigenvalue weighted by Crippen LogP contribution is 2.31. The number of aromatic nitrogens is 2. The summed E-state index contributed by atoms with van der Waals surface area (Å²) in [6, 6.07) is 13.7. The van der Waals surface area contributed by atoms with E-state index in [1.807, 2.05) is 45.9 Å². The van der Waals surface area contributed by atoms with Crippen molar-refractivity contribution in [3.8, 4) is 0 Å². The minimum atomic E-state index is -0.842. The average Bonchev–Trinajstić information content (AvgIpc) is 3.19. The summed E-state index contributed by atoms with van der Waals surface area (Å²) in [7, 11) is 0. The molecule has 1 aliphatic heterocycles. The molecule has 7 heteroatoms. The summed E-state index contributed by atoms with van der Waals surface area (Å²) in [6.45, 7) is 1.28. The molecule has 4 rings (SSSR count). The van der Waals surface area contributed by atoms with E-state index < -0.39 is 16.9 Å². The first-order valence-corrected chi connectivity index (χ1v) is 9.12. The second kappa shape index (κ2) is 7.36. The number of nitro groups is 1. The van der Waals surface area contributed by atoms with E-state index in [0.717, 1.165) is 12.1 Å². The largest absolute Gasteiger partial charge is 0.388 e. The quantitative estimate of drug-likeness (QED) is 0.420. The third kappa shape index (κ3) is 3.44. The second-order valence-corrected chi connectivity index (χ2v) is 7.02. The van der Waals surface area contributed by atoms with E-state index in [2.05, 4.69) is 0 Å². The Morgan fingerprint density at radius 3 is 2.57 bits per heavy atom. The predicted octanol–water partition coefficient (Wildman–Crippen LogP) is 2.67. The fourth-order valence-electron chi connectivity index (χ4n) is 3.67. The molecule has 0 saturated carbocycles. The molecule has 0 fully saturated rings. The highest BCUT2D eigenvalue weighted by molar-refractivity contribution is 5.97. The number of aliphatic hydroxyl groups is 1. The van der Waals surface area contributed by atoms with Gasteiger partial charge in [0.2, 0.25) is 0 Å². The van der Waals surface area contributed by atoms with E-state index in [1.54, 1.807) is 18.2 Å². The minimum Gasteiger partial charge on any atom is -0.388 e. The zero-order chi connectivity index (χ0) is 19.7. The lowest BCUT2D eigenvalue weighted by Crippen LogP contribution is -2.34. The van der Waals surface area contributed by atoms with Crippen molar-refractivity contribution in [2.45, 2.75) is 25.6 Å². The van der Waals surface area contributed by atoms with Crippen molar-refractivity contribution in [1.29, 1.82) is 0 Å². The van der Waals surface area contributed by atoms with Gasteiger partial charge in [0.25, 0.3) is 5.69 Å². The van der Waals surface area contributed by atoms with Crippen LogP contribution in [0.15, 0.2) is 67.1 Å². The van der Waals surface area contributed by atoms with Gasteiger partial charge in [0.05, 0.1) is 22.6 Å². The first-order valence-electron chi connectivity index (χ1n) is 9.12. The number of Topliss-reactive ketones (excluding diaryl/α,β-unsaturated/α-hetero) is 1. The molecule has 2 aromatic heterocycles. The Bertz CT molecular complexity index is 1010. The lowest BCUT2D eigenvalue weighted by atomic mass is 9.86. The van der Waals surface area contributed by atoms with Crippen LogP contribution in [0.2, 0.25) is 0 Å². The molecule has 2 atom stereocenters. The maximum Gasteiger partial charge on any atom is 0.269 e. The molecule has 0 amide bonds. The molecule has 1 aromatic carbocycles. The molecule has 0 unspecified atom stereocenters. The standard InChI is InChI=1S/C21H20N3O4/c25-20(18-9-13-23-10-1-2-19(23)21(18)26)16-7-11-22(12-8-16)14-15-3-5-17(6-4-15)24(27)28/h1-8,10-12,18,20,25H,9,13-14H2/q+1/t18-,20+/m1/s1. The van der Waals surface area contributed by atoms with Crippen LogP contribution in [-0.4, -0.2) is 20.4 Å². The van der Waals surface area contributed by atoms with Crippen molar-refractivity contribution in [2.24, 2.45) is 5.92 Å². The SMILES string of the molecule is O=C1c2cccn2CC[C@@H]1[C@@H](O)c1cc[n+](Cc2ccc([N+](=O)[O-])cc2)cc1. The molecule has 0 radical (unpaired) electrons. The number of carbonyl (C=O) groups excluding carboxylic acids is 1. The van der Waals surface area contributed by atoms with Crippen molar-refractivity contribution in [2.75, 3.05) is 0 Å². The van der Waals surface area contributed by atoms with Crippen LogP contribution in [0.3, 0.4) is 0 Å². The Kier molecular flexibility index (Phi) is 4.75. The Morgan fingerprint density at radius 2 is 1.89 bits per heavy atom. The molecule has 1 aliphatic rings. The predicted molar refractivity (Wildman–Crippen MR) is 101 cm³/mol. The zero-order valence-corrected chi connectivity index (χ0v) is 15.1. The summed E-state index contributed by atoms with van der Waals surface area (Å²) in [6.07, 6.45) is 5.34. The number of non-ortho nitro benzene ring substituents is 1. The summed E-state index contributed by atoms with van der Waals surface area (Å²) >= 11 is 0. The zero-order valence-electron chi connectivity index (χ0n) is 15.1. The number of nitrogens with zero attached hydrogens (tertiary/aromatic N) is 3. The fourth-order valence-corrected chi connectivity index (χ4v) is 3.67. The van der Waals surface area contributed by atoms with E-state index in [4.69, 9.17) is 0 Å². The van der Waals surface area contributed by atoms with E-state index in [0.29, 0.717) is 24.2 Å². The molecule has 1 N–H and O–H groups in total. The van der Waals surface area contributed by atoms with Gasteiger partial charge in [0.15, 0.2) is 24.7 Å². The number of carbonyl (C=O) groups is 1. The molecule has 3 heterocycles. The van der Waals surface area contributed by atoms with Crippen molar-refractivity contribution < 1.29 is 19.4 Å². The molecule has 142 valence electrons. The van der Waals surface area contributed by atoms with Crippen LogP contribution < -0.4 is 4.57 Å². The van der Waals surface area contributed by atoms with Gasteiger partial charge in [-0.25, -0.2) is 4.57 Å². The lowest BCUT2D eigenvalue weighted by Gasteiger charge is -2.27. The number of rotatable bonds is 5. The summed E-state index contributed by atoms with van der Waals surface area (Å²) in [5, 5.41) is 21.5. The van der Waals surface area contributed by atoms with Crippen molar-refractivity contribution >= 4 is 11.5 Å². The Morgan fingerprint density at radius 1 is 1.18 bits per heavy atom. The van der Waals surface area contributed by atoms with E-state index in [9.17, 15) is 20.0 Å². The number of aliphatic hydroxyl groups excluding tert-OH is 1. The topological polar surface area (TPSA) is 89.2 Å². The van der Waals surface area contributed by atoms with Crippen molar-refractivity contribution in [1.82, 2.24) is 4.57 Å². The number of fused-ring (bicyclic) bond motifs is 1. The Balaban J connectivity index is 1.45. The number of benzene rings is 1. The fraction of sp³-hybridized carbons (Fsp3) is 0.238. The second-order valence-electron chi connectivity index (χ2n) is 7.02. The maximum atomic E-state index is 12.6. The van der Waals surface area contributed by atoms with Gasteiger partial charge in [-0.1, -0.05) is 0 Å². The van der Waals surface area contributed by atoms with Gasteiger partial charge >= 0.3 is 0 Å². The van der Waals surface area contributed by atoms with Crippen LogP contribution >= 0.6 is 0 Å². The first-order chi connectivity index (χ1) is 13.5.